The molecule has 0 radical (unpaired) electrons. The molecule has 0 saturated heterocycles. The highest BCUT2D eigenvalue weighted by Crippen LogP contribution is 2.11. The lowest BCUT2D eigenvalue weighted by atomic mass is 9.97. The number of alkyl carbamates (subject to hydrolysis) is 1. The Labute approximate surface area is 196 Å². The van der Waals surface area contributed by atoms with Crippen LogP contribution in [0.4, 0.5) is 4.79 Å². The average molecular weight is 480 g/mol. The van der Waals surface area contributed by atoms with Gasteiger partial charge >= 0.3 is 6.09 Å². The molecule has 1 aromatic carbocycles. The predicted octanol–water partition coefficient (Wildman–Crippen LogP) is 3.23. The van der Waals surface area contributed by atoms with Crippen LogP contribution in [0.2, 0.25) is 0 Å². The number of amides is 3. The number of ether oxygens (including phenoxy) is 1. The van der Waals surface area contributed by atoms with Crippen LogP contribution in [0.3, 0.4) is 0 Å². The summed E-state index contributed by atoms with van der Waals surface area (Å²) in [5, 5.41) is 9.34. The van der Waals surface area contributed by atoms with Crippen LogP contribution >= 0.6 is 23.6 Å². The summed E-state index contributed by atoms with van der Waals surface area (Å²) in [7, 11) is 0. The first-order valence-electron chi connectivity index (χ1n) is 10.3. The largest absolute Gasteiger partial charge is 0.445 e. The molecule has 11 heteroatoms. The van der Waals surface area contributed by atoms with Gasteiger partial charge in [0.25, 0.3) is 5.91 Å². The monoisotopic (exact) mass is 479 g/mol. The summed E-state index contributed by atoms with van der Waals surface area (Å²) in [5.74, 6) is -1.31. The molecule has 1 heterocycles. The standard InChI is InChI=1S/C21H29N5O4S2/c1-5-14(4)17(24-20(29)30-11-15-9-7-6-8-10-15)18(27)23-16(13(2)3)19(28)25-26-21(31)32-12-22-26/h6-10,12-14,16-17H,5,11H2,1-4H3,(H,23,27)(H,24,29)(H,25,28). The molecule has 0 saturated carbocycles. The van der Waals surface area contributed by atoms with Crippen molar-refractivity contribution in [3.05, 3.63) is 45.4 Å². The predicted molar refractivity (Wildman–Crippen MR) is 125 cm³/mol. The van der Waals surface area contributed by atoms with E-state index in [-0.39, 0.29) is 18.4 Å². The number of hydrogen-bond donors (Lipinski definition) is 3. The molecule has 174 valence electrons. The van der Waals surface area contributed by atoms with Crippen molar-refractivity contribution >= 4 is 41.5 Å². The highest BCUT2D eigenvalue weighted by molar-refractivity contribution is 7.73. The zero-order valence-corrected chi connectivity index (χ0v) is 20.2. The number of carbonyl (C=O) groups is 3. The Kier molecular flexibility index (Phi) is 9.79. The van der Waals surface area contributed by atoms with Gasteiger partial charge in [-0.05, 0) is 29.6 Å². The average Bonchev–Trinajstić information content (AvgIpc) is 3.18. The van der Waals surface area contributed by atoms with Crippen LogP contribution in [0, 0.1) is 15.8 Å². The Morgan fingerprint density at radius 1 is 1.09 bits per heavy atom. The number of carbonyl (C=O) groups excluding carboxylic acids is 3. The molecule has 0 aliphatic carbocycles. The van der Waals surface area contributed by atoms with Crippen molar-refractivity contribution in [3.8, 4) is 0 Å². The topological polar surface area (TPSA) is 114 Å². The fraction of sp³-hybridized carbons (Fsp3) is 0.476. The van der Waals surface area contributed by atoms with E-state index >= 15 is 0 Å². The molecular weight excluding hydrogens is 450 g/mol. The van der Waals surface area contributed by atoms with Gasteiger partial charge in [0.2, 0.25) is 9.86 Å². The summed E-state index contributed by atoms with van der Waals surface area (Å²) in [6.07, 6.45) is -0.0579. The van der Waals surface area contributed by atoms with Gasteiger partial charge in [-0.25, -0.2) is 10.2 Å². The van der Waals surface area contributed by atoms with Crippen LogP contribution in [0.1, 0.15) is 39.7 Å². The normalized spacial score (nSPS) is 13.7. The van der Waals surface area contributed by atoms with E-state index in [0.717, 1.165) is 5.56 Å². The molecule has 3 N–H and O–H groups in total. The zero-order chi connectivity index (χ0) is 23.7. The third-order valence-corrected chi connectivity index (χ3v) is 5.97. The molecular formula is C21H29N5O4S2. The summed E-state index contributed by atoms with van der Waals surface area (Å²) in [6, 6.07) is 7.54. The van der Waals surface area contributed by atoms with E-state index in [0.29, 0.717) is 10.4 Å². The Morgan fingerprint density at radius 2 is 1.78 bits per heavy atom. The smallest absolute Gasteiger partial charge is 0.408 e. The first-order valence-corrected chi connectivity index (χ1v) is 11.6. The second kappa shape index (κ2) is 12.3. The minimum atomic E-state index is -0.862. The first-order chi connectivity index (χ1) is 15.2. The molecule has 0 fully saturated rings. The third kappa shape index (κ3) is 7.41. The summed E-state index contributed by atoms with van der Waals surface area (Å²) in [4.78, 5) is 39.3. The SMILES string of the molecule is CCC(C)C(NC(=O)OCc1ccccc1)C(=O)NC(C(=O)Nn1ncsc1=S)C(C)C. The number of rotatable bonds is 10. The fourth-order valence-electron chi connectivity index (χ4n) is 2.83. The summed E-state index contributed by atoms with van der Waals surface area (Å²) in [5.41, 5.74) is 4.93. The van der Waals surface area contributed by atoms with Crippen molar-refractivity contribution < 1.29 is 19.1 Å². The molecule has 0 spiro atoms. The third-order valence-electron chi connectivity index (χ3n) is 4.93. The van der Waals surface area contributed by atoms with Crippen LogP contribution in [-0.2, 0) is 20.9 Å². The number of nitrogens with one attached hydrogen (secondary N) is 3. The van der Waals surface area contributed by atoms with Crippen LogP contribution in [0.25, 0.3) is 0 Å². The molecule has 3 atom stereocenters. The summed E-state index contributed by atoms with van der Waals surface area (Å²) < 4.78 is 5.64. The van der Waals surface area contributed by atoms with Gasteiger partial charge < -0.3 is 15.4 Å². The van der Waals surface area contributed by atoms with E-state index < -0.39 is 30.0 Å². The summed E-state index contributed by atoms with van der Waals surface area (Å²) >= 11 is 6.30. The lowest BCUT2D eigenvalue weighted by Gasteiger charge is -2.27. The fourth-order valence-corrected chi connectivity index (χ4v) is 3.48. The number of benzene rings is 1. The molecule has 9 nitrogen and oxygen atoms in total. The van der Waals surface area contributed by atoms with E-state index in [4.69, 9.17) is 17.0 Å². The number of hydrogen-bond acceptors (Lipinski definition) is 7. The minimum Gasteiger partial charge on any atom is -0.445 e. The van der Waals surface area contributed by atoms with E-state index in [9.17, 15) is 14.4 Å². The molecule has 0 bridgehead atoms. The van der Waals surface area contributed by atoms with Crippen LogP contribution in [-0.4, -0.2) is 39.9 Å². The van der Waals surface area contributed by atoms with E-state index in [2.05, 4.69) is 21.2 Å². The zero-order valence-electron chi connectivity index (χ0n) is 18.5. The maximum atomic E-state index is 13.0. The van der Waals surface area contributed by atoms with Crippen molar-refractivity contribution in [3.63, 3.8) is 0 Å². The van der Waals surface area contributed by atoms with Gasteiger partial charge in [-0.3, -0.25) is 9.59 Å². The Morgan fingerprint density at radius 3 is 2.34 bits per heavy atom. The quantitative estimate of drug-likeness (QED) is 0.451. The van der Waals surface area contributed by atoms with Gasteiger partial charge in [-0.1, -0.05) is 75.8 Å². The van der Waals surface area contributed by atoms with Gasteiger partial charge in [0.1, 0.15) is 24.2 Å². The number of aromatic nitrogens is 2. The molecule has 1 aromatic heterocycles. The minimum absolute atomic E-state index is 0.0901. The first kappa shape index (κ1) is 25.5. The van der Waals surface area contributed by atoms with E-state index in [1.165, 1.54) is 21.6 Å². The van der Waals surface area contributed by atoms with Crippen LogP contribution < -0.4 is 16.1 Å². The van der Waals surface area contributed by atoms with E-state index in [1.807, 2.05) is 58.0 Å². The molecule has 3 amide bonds. The Balaban J connectivity index is 2.04. The second-order valence-electron chi connectivity index (χ2n) is 7.69. The lowest BCUT2D eigenvalue weighted by Crippen LogP contribution is -2.56. The van der Waals surface area contributed by atoms with Gasteiger partial charge in [0.05, 0.1) is 0 Å². The van der Waals surface area contributed by atoms with Crippen molar-refractivity contribution in [1.82, 2.24) is 20.5 Å². The van der Waals surface area contributed by atoms with Crippen molar-refractivity contribution in [2.75, 3.05) is 5.43 Å². The molecule has 2 rings (SSSR count). The Bertz CT molecular complexity index is 960. The van der Waals surface area contributed by atoms with Gasteiger partial charge in [0.15, 0.2) is 0 Å². The highest BCUT2D eigenvalue weighted by Gasteiger charge is 2.32. The molecule has 0 aliphatic rings. The molecule has 2 aromatic rings. The van der Waals surface area contributed by atoms with Crippen molar-refractivity contribution in [1.29, 1.82) is 0 Å². The van der Waals surface area contributed by atoms with Crippen molar-refractivity contribution in [2.24, 2.45) is 11.8 Å². The highest BCUT2D eigenvalue weighted by atomic mass is 32.1. The molecule has 0 aliphatic heterocycles. The van der Waals surface area contributed by atoms with Gasteiger partial charge in [-0.15, -0.1) is 9.89 Å². The molecule has 32 heavy (non-hydrogen) atoms. The van der Waals surface area contributed by atoms with Gasteiger partial charge in [0, 0.05) is 0 Å². The van der Waals surface area contributed by atoms with Crippen molar-refractivity contribution in [2.45, 2.75) is 52.8 Å². The van der Waals surface area contributed by atoms with Crippen LogP contribution in [0.5, 0.6) is 0 Å². The summed E-state index contributed by atoms with van der Waals surface area (Å²) in [6.45, 7) is 7.47. The second-order valence-corrected chi connectivity index (χ2v) is 9.17. The van der Waals surface area contributed by atoms with Gasteiger partial charge in [-0.2, -0.15) is 0 Å². The molecule has 3 unspecified atom stereocenters. The maximum Gasteiger partial charge on any atom is 0.408 e. The van der Waals surface area contributed by atoms with Crippen LogP contribution in [0.15, 0.2) is 35.8 Å². The Hall–Kier alpha value is -2.79. The van der Waals surface area contributed by atoms with E-state index in [1.54, 1.807) is 0 Å². The lowest BCUT2D eigenvalue weighted by molar-refractivity contribution is -0.129. The maximum absolute atomic E-state index is 13.0. The number of nitrogens with zero attached hydrogens (tertiary/aromatic N) is 2.